The first kappa shape index (κ1) is 14.4. The van der Waals surface area contributed by atoms with E-state index in [2.05, 4.69) is 28.9 Å². The number of anilines is 1. The van der Waals surface area contributed by atoms with Crippen LogP contribution in [0.5, 0.6) is 0 Å². The van der Waals surface area contributed by atoms with E-state index in [1.54, 1.807) is 18.3 Å². The standard InChI is InChI=1S/C13H20N2O3/c1-9(2)6-11(8-16)15-10-4-5-14-12(7-10)13(17)18-3/h4-5,7,9,11,16H,6,8H2,1-3H3,(H,14,15). The van der Waals surface area contributed by atoms with Crippen LogP contribution in [0.1, 0.15) is 30.8 Å². The molecule has 0 aliphatic heterocycles. The second-order valence-corrected chi connectivity index (χ2v) is 4.57. The van der Waals surface area contributed by atoms with Gasteiger partial charge in [-0.3, -0.25) is 0 Å². The Morgan fingerprint density at radius 2 is 2.28 bits per heavy atom. The van der Waals surface area contributed by atoms with Crippen molar-refractivity contribution in [3.8, 4) is 0 Å². The Bertz CT molecular complexity index is 394. The Morgan fingerprint density at radius 1 is 1.56 bits per heavy atom. The van der Waals surface area contributed by atoms with Gasteiger partial charge in [-0.15, -0.1) is 0 Å². The number of carbonyl (C=O) groups excluding carboxylic acids is 1. The lowest BCUT2D eigenvalue weighted by Crippen LogP contribution is -2.25. The fourth-order valence-corrected chi connectivity index (χ4v) is 1.72. The van der Waals surface area contributed by atoms with Gasteiger partial charge < -0.3 is 15.2 Å². The number of aromatic nitrogens is 1. The van der Waals surface area contributed by atoms with E-state index in [1.807, 2.05) is 0 Å². The fraction of sp³-hybridized carbons (Fsp3) is 0.538. The van der Waals surface area contributed by atoms with E-state index in [1.165, 1.54) is 7.11 Å². The number of aliphatic hydroxyl groups excluding tert-OH is 1. The van der Waals surface area contributed by atoms with Crippen molar-refractivity contribution in [2.45, 2.75) is 26.3 Å². The Kier molecular flexibility index (Phi) is 5.58. The quantitative estimate of drug-likeness (QED) is 0.754. The van der Waals surface area contributed by atoms with Crippen molar-refractivity contribution in [1.82, 2.24) is 4.98 Å². The zero-order chi connectivity index (χ0) is 13.5. The first-order valence-corrected chi connectivity index (χ1v) is 5.98. The number of ether oxygens (including phenoxy) is 1. The Labute approximate surface area is 107 Å². The summed E-state index contributed by atoms with van der Waals surface area (Å²) in [6.07, 6.45) is 2.39. The van der Waals surface area contributed by atoms with E-state index in [0.29, 0.717) is 5.92 Å². The molecule has 5 nitrogen and oxygen atoms in total. The summed E-state index contributed by atoms with van der Waals surface area (Å²) in [6, 6.07) is 3.35. The number of hydrogen-bond donors (Lipinski definition) is 2. The number of nitrogens with one attached hydrogen (secondary N) is 1. The highest BCUT2D eigenvalue weighted by molar-refractivity contribution is 5.88. The average molecular weight is 252 g/mol. The van der Waals surface area contributed by atoms with Crippen molar-refractivity contribution in [2.75, 3.05) is 19.0 Å². The topological polar surface area (TPSA) is 71.5 Å². The zero-order valence-electron chi connectivity index (χ0n) is 11.0. The molecule has 0 aromatic carbocycles. The minimum atomic E-state index is -0.469. The molecule has 1 aromatic heterocycles. The highest BCUT2D eigenvalue weighted by Gasteiger charge is 2.12. The number of methoxy groups -OCH3 is 1. The van der Waals surface area contributed by atoms with E-state index in [4.69, 9.17) is 0 Å². The predicted molar refractivity (Wildman–Crippen MR) is 69.5 cm³/mol. The first-order valence-electron chi connectivity index (χ1n) is 5.98. The van der Waals surface area contributed by atoms with Gasteiger partial charge in [-0.25, -0.2) is 9.78 Å². The number of aliphatic hydroxyl groups is 1. The molecule has 1 aromatic rings. The van der Waals surface area contributed by atoms with Crippen LogP contribution >= 0.6 is 0 Å². The lowest BCUT2D eigenvalue weighted by atomic mass is 10.0. The molecule has 18 heavy (non-hydrogen) atoms. The number of rotatable bonds is 6. The molecule has 1 atom stereocenters. The van der Waals surface area contributed by atoms with Crippen LogP contribution in [0.25, 0.3) is 0 Å². The second kappa shape index (κ2) is 6.96. The highest BCUT2D eigenvalue weighted by atomic mass is 16.5. The van der Waals surface area contributed by atoms with E-state index >= 15 is 0 Å². The van der Waals surface area contributed by atoms with Crippen LogP contribution in [-0.4, -0.2) is 35.8 Å². The van der Waals surface area contributed by atoms with Crippen LogP contribution in [-0.2, 0) is 4.74 Å². The van der Waals surface area contributed by atoms with Crippen LogP contribution in [0.15, 0.2) is 18.3 Å². The molecular formula is C13H20N2O3. The van der Waals surface area contributed by atoms with Crippen LogP contribution in [0.4, 0.5) is 5.69 Å². The molecule has 1 rings (SSSR count). The van der Waals surface area contributed by atoms with Gasteiger partial charge >= 0.3 is 5.97 Å². The van der Waals surface area contributed by atoms with Gasteiger partial charge in [-0.1, -0.05) is 13.8 Å². The lowest BCUT2D eigenvalue weighted by molar-refractivity contribution is 0.0594. The zero-order valence-corrected chi connectivity index (χ0v) is 11.0. The third-order valence-electron chi connectivity index (χ3n) is 2.50. The first-order chi connectivity index (χ1) is 8.56. The molecular weight excluding hydrogens is 232 g/mol. The van der Waals surface area contributed by atoms with E-state index in [9.17, 15) is 9.90 Å². The summed E-state index contributed by atoms with van der Waals surface area (Å²) in [7, 11) is 1.32. The summed E-state index contributed by atoms with van der Waals surface area (Å²) in [5, 5.41) is 12.5. The van der Waals surface area contributed by atoms with Gasteiger partial charge in [0.15, 0.2) is 0 Å². The van der Waals surface area contributed by atoms with Gasteiger partial charge in [0.1, 0.15) is 5.69 Å². The van der Waals surface area contributed by atoms with Crippen LogP contribution in [0.3, 0.4) is 0 Å². The third kappa shape index (κ3) is 4.33. The monoisotopic (exact) mass is 252 g/mol. The number of pyridine rings is 1. The number of nitrogens with zero attached hydrogens (tertiary/aromatic N) is 1. The molecule has 0 fully saturated rings. The molecule has 2 N–H and O–H groups in total. The summed E-state index contributed by atoms with van der Waals surface area (Å²) in [5.74, 6) is 0.0135. The number of hydrogen-bond acceptors (Lipinski definition) is 5. The SMILES string of the molecule is COC(=O)c1cc(NC(CO)CC(C)C)ccn1. The van der Waals surface area contributed by atoms with Gasteiger partial charge in [0.25, 0.3) is 0 Å². The maximum atomic E-state index is 11.3. The summed E-state index contributed by atoms with van der Waals surface area (Å²) in [4.78, 5) is 15.3. The van der Waals surface area contributed by atoms with Crippen LogP contribution in [0, 0.1) is 5.92 Å². The van der Waals surface area contributed by atoms with Gasteiger partial charge in [0.05, 0.1) is 13.7 Å². The molecule has 0 saturated heterocycles. The molecule has 100 valence electrons. The van der Waals surface area contributed by atoms with Gasteiger partial charge in [0.2, 0.25) is 0 Å². The Hall–Kier alpha value is -1.62. The van der Waals surface area contributed by atoms with E-state index in [-0.39, 0.29) is 18.3 Å². The van der Waals surface area contributed by atoms with Crippen molar-refractivity contribution in [3.63, 3.8) is 0 Å². The lowest BCUT2D eigenvalue weighted by Gasteiger charge is -2.19. The minimum Gasteiger partial charge on any atom is -0.464 e. The molecule has 1 heterocycles. The summed E-state index contributed by atoms with van der Waals surface area (Å²) < 4.78 is 4.61. The maximum absolute atomic E-state index is 11.3. The van der Waals surface area contributed by atoms with Gasteiger partial charge in [-0.05, 0) is 24.5 Å². The van der Waals surface area contributed by atoms with Gasteiger partial charge in [0, 0.05) is 17.9 Å². The molecule has 0 spiro atoms. The van der Waals surface area contributed by atoms with E-state index in [0.717, 1.165) is 12.1 Å². The summed E-state index contributed by atoms with van der Waals surface area (Å²) >= 11 is 0. The van der Waals surface area contributed by atoms with Gasteiger partial charge in [-0.2, -0.15) is 0 Å². The summed E-state index contributed by atoms with van der Waals surface area (Å²) in [5.41, 5.74) is 1.01. The number of carbonyl (C=O) groups is 1. The highest BCUT2D eigenvalue weighted by Crippen LogP contribution is 2.14. The Balaban J connectivity index is 2.74. The molecule has 1 unspecified atom stereocenters. The second-order valence-electron chi connectivity index (χ2n) is 4.57. The largest absolute Gasteiger partial charge is 0.464 e. The Morgan fingerprint density at radius 3 is 2.83 bits per heavy atom. The van der Waals surface area contributed by atoms with Crippen molar-refractivity contribution < 1.29 is 14.6 Å². The van der Waals surface area contributed by atoms with Crippen LogP contribution in [0.2, 0.25) is 0 Å². The van der Waals surface area contributed by atoms with Crippen molar-refractivity contribution in [3.05, 3.63) is 24.0 Å². The van der Waals surface area contributed by atoms with Crippen molar-refractivity contribution in [2.24, 2.45) is 5.92 Å². The average Bonchev–Trinajstić information content (AvgIpc) is 2.36. The predicted octanol–water partition coefficient (Wildman–Crippen LogP) is 1.69. The van der Waals surface area contributed by atoms with Crippen molar-refractivity contribution >= 4 is 11.7 Å². The molecule has 0 aliphatic rings. The number of esters is 1. The van der Waals surface area contributed by atoms with E-state index < -0.39 is 5.97 Å². The van der Waals surface area contributed by atoms with Crippen LogP contribution < -0.4 is 5.32 Å². The summed E-state index contributed by atoms with van der Waals surface area (Å²) in [6.45, 7) is 4.24. The molecule has 0 radical (unpaired) electrons. The maximum Gasteiger partial charge on any atom is 0.356 e. The molecule has 0 amide bonds. The third-order valence-corrected chi connectivity index (χ3v) is 2.50. The van der Waals surface area contributed by atoms with Crippen molar-refractivity contribution in [1.29, 1.82) is 0 Å². The fourth-order valence-electron chi connectivity index (χ4n) is 1.72. The molecule has 0 saturated carbocycles. The smallest absolute Gasteiger partial charge is 0.356 e. The normalized spacial score (nSPS) is 12.3. The minimum absolute atomic E-state index is 0.0297. The molecule has 0 bridgehead atoms. The molecule has 0 aliphatic carbocycles. The molecule has 5 heteroatoms.